The molecule has 1 fully saturated rings. The Morgan fingerprint density at radius 2 is 2.00 bits per heavy atom. The fourth-order valence-corrected chi connectivity index (χ4v) is 1.30. The van der Waals surface area contributed by atoms with Gasteiger partial charge in [0.1, 0.15) is 18.5 Å². The van der Waals surface area contributed by atoms with Crippen LogP contribution in [0.15, 0.2) is 0 Å². The zero-order chi connectivity index (χ0) is 6.74. The van der Waals surface area contributed by atoms with E-state index in [2.05, 4.69) is 15.9 Å². The first-order valence-electron chi connectivity index (χ1n) is 2.98. The van der Waals surface area contributed by atoms with Crippen molar-refractivity contribution in [1.29, 1.82) is 0 Å². The molecule has 0 amide bonds. The first kappa shape index (κ1) is 7.47. The van der Waals surface area contributed by atoms with Crippen LogP contribution in [0, 0.1) is 5.21 Å². The molecule has 0 N–H and O–H groups in total. The molecule has 9 heavy (non-hydrogen) atoms. The van der Waals surface area contributed by atoms with Gasteiger partial charge in [-0.1, -0.05) is 0 Å². The van der Waals surface area contributed by atoms with Crippen molar-refractivity contribution < 1.29 is 9.38 Å². The molecule has 0 spiro atoms. The molecule has 1 aliphatic rings. The van der Waals surface area contributed by atoms with Gasteiger partial charge in [0, 0.05) is 0 Å². The van der Waals surface area contributed by atoms with E-state index in [0.717, 1.165) is 0 Å². The number of nitrogens with zero attached hydrogens (tertiary/aromatic N) is 1. The standard InChI is InChI=1S/C5H10BrNO2/c6-5-7(8)1-3-9-4-2-7/h1-5H2. The summed E-state index contributed by atoms with van der Waals surface area (Å²) >= 11 is 3.17. The van der Waals surface area contributed by atoms with Crippen LogP contribution in [0.2, 0.25) is 0 Å². The van der Waals surface area contributed by atoms with Gasteiger partial charge in [-0.3, -0.25) is 0 Å². The second kappa shape index (κ2) is 2.96. The van der Waals surface area contributed by atoms with E-state index >= 15 is 0 Å². The second-order valence-corrected chi connectivity index (χ2v) is 2.74. The molecule has 0 aliphatic carbocycles. The van der Waals surface area contributed by atoms with Crippen LogP contribution >= 0.6 is 15.9 Å². The summed E-state index contributed by atoms with van der Waals surface area (Å²) in [6.45, 7) is 2.39. The lowest BCUT2D eigenvalue weighted by atomic mass is 10.4. The number of halogens is 1. The van der Waals surface area contributed by atoms with Crippen LogP contribution < -0.4 is 0 Å². The molecule has 0 radical (unpaired) electrons. The fourth-order valence-electron chi connectivity index (χ4n) is 0.795. The zero-order valence-electron chi connectivity index (χ0n) is 5.18. The van der Waals surface area contributed by atoms with E-state index in [1.54, 1.807) is 0 Å². The van der Waals surface area contributed by atoms with Gasteiger partial charge in [-0.05, 0) is 15.9 Å². The van der Waals surface area contributed by atoms with Crippen molar-refractivity contribution in [1.82, 2.24) is 0 Å². The van der Waals surface area contributed by atoms with E-state index in [-0.39, 0.29) is 4.65 Å². The SMILES string of the molecule is [O-][N+]1(CBr)CCOCC1. The largest absolute Gasteiger partial charge is 0.632 e. The molecule has 1 aliphatic heterocycles. The van der Waals surface area contributed by atoms with E-state index in [1.165, 1.54) is 0 Å². The van der Waals surface area contributed by atoms with Gasteiger partial charge in [0.2, 0.25) is 0 Å². The van der Waals surface area contributed by atoms with Gasteiger partial charge in [0.25, 0.3) is 0 Å². The van der Waals surface area contributed by atoms with E-state index < -0.39 is 0 Å². The summed E-state index contributed by atoms with van der Waals surface area (Å²) in [5.41, 5.74) is 0.496. The molecule has 0 aromatic carbocycles. The van der Waals surface area contributed by atoms with Crippen molar-refractivity contribution in [2.75, 3.05) is 31.8 Å². The molecular formula is C5H10BrNO2. The Labute approximate surface area is 62.9 Å². The van der Waals surface area contributed by atoms with Crippen molar-refractivity contribution in [3.05, 3.63) is 5.21 Å². The van der Waals surface area contributed by atoms with Gasteiger partial charge >= 0.3 is 0 Å². The molecule has 3 nitrogen and oxygen atoms in total. The van der Waals surface area contributed by atoms with E-state index in [0.29, 0.717) is 31.8 Å². The highest BCUT2D eigenvalue weighted by Gasteiger charge is 2.18. The van der Waals surface area contributed by atoms with Crippen LogP contribution in [0.25, 0.3) is 0 Å². The predicted molar refractivity (Wildman–Crippen MR) is 38.0 cm³/mol. The average molecular weight is 196 g/mol. The molecule has 1 rings (SSSR count). The minimum Gasteiger partial charge on any atom is -0.632 e. The maximum atomic E-state index is 11.3. The molecular weight excluding hydrogens is 186 g/mol. The maximum absolute atomic E-state index is 11.3. The smallest absolute Gasteiger partial charge is 0.134 e. The van der Waals surface area contributed by atoms with Crippen LogP contribution in [0.1, 0.15) is 0 Å². The third-order valence-corrected chi connectivity index (χ3v) is 2.42. The Hall–Kier alpha value is 0.360. The number of hydrogen-bond donors (Lipinski definition) is 0. The Balaban J connectivity index is 2.37. The van der Waals surface area contributed by atoms with Gasteiger partial charge in [0.15, 0.2) is 0 Å². The number of alkyl halides is 1. The van der Waals surface area contributed by atoms with Crippen LogP contribution in [0.4, 0.5) is 0 Å². The van der Waals surface area contributed by atoms with Crippen LogP contribution in [-0.2, 0) is 4.74 Å². The first-order valence-corrected chi connectivity index (χ1v) is 4.10. The fraction of sp³-hybridized carbons (Fsp3) is 1.00. The molecule has 4 heteroatoms. The zero-order valence-corrected chi connectivity index (χ0v) is 6.76. The van der Waals surface area contributed by atoms with Crippen LogP contribution in [0.5, 0.6) is 0 Å². The summed E-state index contributed by atoms with van der Waals surface area (Å²) in [6, 6.07) is 0. The lowest BCUT2D eigenvalue weighted by Gasteiger charge is -2.43. The topological polar surface area (TPSA) is 32.3 Å². The summed E-state index contributed by atoms with van der Waals surface area (Å²) in [6.07, 6.45) is 0. The van der Waals surface area contributed by atoms with Gasteiger partial charge in [0.05, 0.1) is 13.2 Å². The number of hydroxylamine groups is 3. The minimum absolute atomic E-state index is 0.139. The van der Waals surface area contributed by atoms with E-state index in [1.807, 2.05) is 0 Å². The first-order chi connectivity index (χ1) is 4.27. The maximum Gasteiger partial charge on any atom is 0.134 e. The Bertz CT molecular complexity index is 93.0. The Morgan fingerprint density at radius 1 is 1.44 bits per heavy atom. The van der Waals surface area contributed by atoms with E-state index in [4.69, 9.17) is 4.74 Å². The average Bonchev–Trinajstić information content (AvgIpc) is 1.90. The number of quaternary nitrogens is 1. The van der Waals surface area contributed by atoms with Crippen molar-refractivity contribution >= 4 is 15.9 Å². The van der Waals surface area contributed by atoms with Crippen molar-refractivity contribution in [3.8, 4) is 0 Å². The summed E-state index contributed by atoms with van der Waals surface area (Å²) in [5, 5.41) is 11.3. The summed E-state index contributed by atoms with van der Waals surface area (Å²) in [4.78, 5) is 0. The van der Waals surface area contributed by atoms with Crippen LogP contribution in [0.3, 0.4) is 0 Å². The van der Waals surface area contributed by atoms with Crippen molar-refractivity contribution in [2.45, 2.75) is 0 Å². The van der Waals surface area contributed by atoms with Gasteiger partial charge in [-0.25, -0.2) is 0 Å². The molecule has 0 saturated carbocycles. The third-order valence-electron chi connectivity index (χ3n) is 1.50. The molecule has 0 unspecified atom stereocenters. The number of hydrogen-bond acceptors (Lipinski definition) is 2. The second-order valence-electron chi connectivity index (χ2n) is 2.24. The summed E-state index contributed by atoms with van der Waals surface area (Å²) in [5.74, 6) is 0. The minimum atomic E-state index is -0.139. The van der Waals surface area contributed by atoms with Crippen molar-refractivity contribution in [3.63, 3.8) is 0 Å². The lowest BCUT2D eigenvalue weighted by Crippen LogP contribution is -2.49. The highest BCUT2D eigenvalue weighted by Crippen LogP contribution is 2.10. The molecule has 0 aromatic heterocycles. The molecule has 0 bridgehead atoms. The molecule has 54 valence electrons. The Morgan fingerprint density at radius 3 is 2.33 bits per heavy atom. The lowest BCUT2D eigenvalue weighted by molar-refractivity contribution is -0.874. The highest BCUT2D eigenvalue weighted by atomic mass is 79.9. The quantitative estimate of drug-likeness (QED) is 0.267. The third kappa shape index (κ3) is 1.89. The molecule has 0 atom stereocenters. The van der Waals surface area contributed by atoms with Crippen molar-refractivity contribution in [2.24, 2.45) is 0 Å². The summed E-state index contributed by atoms with van der Waals surface area (Å²) < 4.78 is 4.89. The van der Waals surface area contributed by atoms with Gasteiger partial charge in [-0.15, -0.1) is 0 Å². The predicted octanol–water partition coefficient (Wildman–Crippen LogP) is 0.684. The number of morpholine rings is 1. The number of ether oxygens (including phenoxy) is 1. The monoisotopic (exact) mass is 195 g/mol. The highest BCUT2D eigenvalue weighted by molar-refractivity contribution is 9.09. The molecule has 1 saturated heterocycles. The molecule has 1 heterocycles. The summed E-state index contributed by atoms with van der Waals surface area (Å²) in [7, 11) is 0. The van der Waals surface area contributed by atoms with E-state index in [9.17, 15) is 5.21 Å². The normalized spacial score (nSPS) is 26.0. The van der Waals surface area contributed by atoms with Gasteiger partial charge < -0.3 is 14.6 Å². The Kier molecular flexibility index (Phi) is 2.46. The van der Waals surface area contributed by atoms with Gasteiger partial charge in [-0.2, -0.15) is 0 Å². The number of rotatable bonds is 1. The molecule has 0 aromatic rings. The van der Waals surface area contributed by atoms with Crippen LogP contribution in [-0.4, -0.2) is 36.4 Å².